The standard InChI is InChI=1S/C22H35N5O2.HI/c1-4-23-21(26-15-22(3,28)16-27-10-12-29-13-11-27)24-9-8-18-14-25-20-17(2)6-5-7-19(18)20;/h5-7,14,25,28H,4,8-13,15-16H2,1-3H3,(H2,23,24,26);1H. The molecule has 2 aromatic rings. The number of aromatic amines is 1. The molecule has 2 heterocycles. The summed E-state index contributed by atoms with van der Waals surface area (Å²) in [6.45, 7) is 11.7. The lowest BCUT2D eigenvalue weighted by Crippen LogP contribution is -2.48. The van der Waals surface area contributed by atoms with Gasteiger partial charge in [-0.3, -0.25) is 9.89 Å². The summed E-state index contributed by atoms with van der Waals surface area (Å²) in [5, 5.41) is 18.7. The number of nitrogens with zero attached hydrogens (tertiary/aromatic N) is 2. The van der Waals surface area contributed by atoms with Gasteiger partial charge >= 0.3 is 0 Å². The first-order valence-corrected chi connectivity index (χ1v) is 10.6. The Hall–Kier alpha value is -1.36. The number of morpholine rings is 1. The number of aliphatic hydroxyl groups is 1. The van der Waals surface area contributed by atoms with E-state index in [1.807, 2.05) is 13.8 Å². The third kappa shape index (κ3) is 7.11. The smallest absolute Gasteiger partial charge is 0.191 e. The lowest BCUT2D eigenvalue weighted by Gasteiger charge is -2.33. The van der Waals surface area contributed by atoms with Crippen molar-refractivity contribution in [2.24, 2.45) is 4.99 Å². The maximum atomic E-state index is 10.8. The summed E-state index contributed by atoms with van der Waals surface area (Å²) in [6, 6.07) is 6.39. The fourth-order valence-corrected chi connectivity index (χ4v) is 3.77. The number of benzene rings is 1. The molecule has 30 heavy (non-hydrogen) atoms. The first-order chi connectivity index (χ1) is 14.0. The zero-order valence-corrected chi connectivity index (χ0v) is 20.7. The molecule has 0 bridgehead atoms. The number of nitrogens with one attached hydrogen (secondary N) is 3. The molecule has 1 fully saturated rings. The third-order valence-corrected chi connectivity index (χ3v) is 5.29. The Morgan fingerprint density at radius 2 is 2.07 bits per heavy atom. The van der Waals surface area contributed by atoms with Crippen molar-refractivity contribution in [3.63, 3.8) is 0 Å². The number of halogens is 1. The number of β-amino-alcohol motifs (C(OH)–C–C–N with tert-alkyl or cyclic N) is 1. The van der Waals surface area contributed by atoms with Crippen LogP contribution < -0.4 is 10.6 Å². The van der Waals surface area contributed by atoms with Gasteiger partial charge < -0.3 is 25.5 Å². The molecule has 0 aliphatic carbocycles. The molecule has 1 unspecified atom stereocenters. The summed E-state index contributed by atoms with van der Waals surface area (Å²) in [7, 11) is 0. The van der Waals surface area contributed by atoms with E-state index in [1.54, 1.807) is 0 Å². The van der Waals surface area contributed by atoms with E-state index in [2.05, 4.69) is 56.8 Å². The Bertz CT molecular complexity index is 815. The van der Waals surface area contributed by atoms with Crippen LogP contribution >= 0.6 is 24.0 Å². The topological polar surface area (TPSA) is 84.9 Å². The molecular formula is C22H36IN5O2. The number of rotatable bonds is 8. The van der Waals surface area contributed by atoms with E-state index in [0.717, 1.165) is 51.8 Å². The third-order valence-electron chi connectivity index (χ3n) is 5.29. The minimum Gasteiger partial charge on any atom is -0.387 e. The van der Waals surface area contributed by atoms with E-state index >= 15 is 0 Å². The molecule has 1 saturated heterocycles. The van der Waals surface area contributed by atoms with Gasteiger partial charge in [0.15, 0.2) is 5.96 Å². The number of ether oxygens (including phenoxy) is 1. The molecular weight excluding hydrogens is 493 g/mol. The highest BCUT2D eigenvalue weighted by molar-refractivity contribution is 14.0. The first-order valence-electron chi connectivity index (χ1n) is 10.6. The summed E-state index contributed by atoms with van der Waals surface area (Å²) in [6.07, 6.45) is 2.99. The molecule has 0 saturated carbocycles. The molecule has 3 rings (SSSR count). The Labute approximate surface area is 196 Å². The van der Waals surface area contributed by atoms with Gasteiger partial charge in [0.25, 0.3) is 0 Å². The monoisotopic (exact) mass is 529 g/mol. The molecule has 0 radical (unpaired) electrons. The van der Waals surface area contributed by atoms with Gasteiger partial charge in [-0.1, -0.05) is 18.2 Å². The molecule has 1 aliphatic heterocycles. The number of fused-ring (bicyclic) bond motifs is 1. The fourth-order valence-electron chi connectivity index (χ4n) is 3.77. The first kappa shape index (κ1) is 24.9. The van der Waals surface area contributed by atoms with Gasteiger partial charge in [-0.15, -0.1) is 24.0 Å². The van der Waals surface area contributed by atoms with Gasteiger partial charge in [0, 0.05) is 49.8 Å². The molecule has 0 spiro atoms. The number of aromatic nitrogens is 1. The van der Waals surface area contributed by atoms with Gasteiger partial charge in [0.05, 0.1) is 25.4 Å². The van der Waals surface area contributed by atoms with Gasteiger partial charge in [0.2, 0.25) is 0 Å². The molecule has 4 N–H and O–H groups in total. The lowest BCUT2D eigenvalue weighted by molar-refractivity contribution is -0.0179. The number of hydrogen-bond donors (Lipinski definition) is 4. The lowest BCUT2D eigenvalue weighted by atomic mass is 10.1. The van der Waals surface area contributed by atoms with Crippen molar-refractivity contribution in [2.75, 3.05) is 52.5 Å². The number of aliphatic imine (C=N–C) groups is 1. The van der Waals surface area contributed by atoms with E-state index in [0.29, 0.717) is 13.1 Å². The van der Waals surface area contributed by atoms with Gasteiger partial charge in [-0.2, -0.15) is 0 Å². The minimum absolute atomic E-state index is 0. The normalized spacial score (nSPS) is 17.4. The van der Waals surface area contributed by atoms with Crippen molar-refractivity contribution in [1.82, 2.24) is 20.5 Å². The van der Waals surface area contributed by atoms with E-state index in [4.69, 9.17) is 4.74 Å². The summed E-state index contributed by atoms with van der Waals surface area (Å²) in [5.74, 6) is 0.741. The zero-order chi connectivity index (χ0) is 20.7. The molecule has 168 valence electrons. The highest BCUT2D eigenvalue weighted by Crippen LogP contribution is 2.21. The van der Waals surface area contributed by atoms with Crippen LogP contribution in [0.2, 0.25) is 0 Å². The summed E-state index contributed by atoms with van der Waals surface area (Å²) >= 11 is 0. The Balaban J connectivity index is 0.00000320. The minimum atomic E-state index is -0.867. The highest BCUT2D eigenvalue weighted by atomic mass is 127. The van der Waals surface area contributed by atoms with Gasteiger partial charge in [0.1, 0.15) is 0 Å². The highest BCUT2D eigenvalue weighted by Gasteiger charge is 2.25. The molecule has 1 aromatic carbocycles. The molecule has 1 atom stereocenters. The number of guanidine groups is 1. The van der Waals surface area contributed by atoms with Crippen LogP contribution in [0.5, 0.6) is 0 Å². The quantitative estimate of drug-likeness (QED) is 0.240. The van der Waals surface area contributed by atoms with Crippen molar-refractivity contribution in [3.05, 3.63) is 35.5 Å². The van der Waals surface area contributed by atoms with E-state index in [1.165, 1.54) is 22.0 Å². The number of H-pyrrole nitrogens is 1. The molecule has 0 amide bonds. The predicted molar refractivity (Wildman–Crippen MR) is 134 cm³/mol. The fraction of sp³-hybridized carbons (Fsp3) is 0.591. The van der Waals surface area contributed by atoms with E-state index in [-0.39, 0.29) is 24.0 Å². The van der Waals surface area contributed by atoms with Crippen molar-refractivity contribution in [3.8, 4) is 0 Å². The average Bonchev–Trinajstić information content (AvgIpc) is 3.11. The van der Waals surface area contributed by atoms with Crippen molar-refractivity contribution < 1.29 is 9.84 Å². The van der Waals surface area contributed by atoms with Crippen LogP contribution in [-0.4, -0.2) is 79.0 Å². The van der Waals surface area contributed by atoms with Crippen molar-refractivity contribution in [2.45, 2.75) is 32.8 Å². The molecule has 7 nitrogen and oxygen atoms in total. The Morgan fingerprint density at radius 1 is 1.30 bits per heavy atom. The predicted octanol–water partition coefficient (Wildman–Crippen LogP) is 2.28. The number of aryl methyl sites for hydroxylation is 1. The molecule has 8 heteroatoms. The SMILES string of the molecule is CCNC(=NCC(C)(O)CN1CCOCC1)NCCc1c[nH]c2c(C)cccc12.I. The van der Waals surface area contributed by atoms with Crippen LogP contribution in [0.4, 0.5) is 0 Å². The van der Waals surface area contributed by atoms with Gasteiger partial charge in [-0.05, 0) is 38.3 Å². The largest absolute Gasteiger partial charge is 0.387 e. The summed E-state index contributed by atoms with van der Waals surface area (Å²) in [5.41, 5.74) is 2.90. The summed E-state index contributed by atoms with van der Waals surface area (Å²) < 4.78 is 5.38. The number of para-hydroxylation sites is 1. The van der Waals surface area contributed by atoms with E-state index in [9.17, 15) is 5.11 Å². The second kappa shape index (κ2) is 11.9. The van der Waals surface area contributed by atoms with Crippen molar-refractivity contribution in [1.29, 1.82) is 0 Å². The van der Waals surface area contributed by atoms with Crippen LogP contribution in [0.15, 0.2) is 29.4 Å². The van der Waals surface area contributed by atoms with Crippen LogP contribution in [0.25, 0.3) is 10.9 Å². The van der Waals surface area contributed by atoms with Gasteiger partial charge in [-0.25, -0.2) is 0 Å². The second-order valence-corrected chi connectivity index (χ2v) is 8.07. The Kier molecular flexibility index (Phi) is 9.86. The van der Waals surface area contributed by atoms with Crippen molar-refractivity contribution >= 4 is 40.8 Å². The average molecular weight is 529 g/mol. The Morgan fingerprint density at radius 3 is 2.80 bits per heavy atom. The summed E-state index contributed by atoms with van der Waals surface area (Å²) in [4.78, 5) is 10.2. The number of hydrogen-bond acceptors (Lipinski definition) is 4. The van der Waals surface area contributed by atoms with Crippen LogP contribution in [0.1, 0.15) is 25.0 Å². The van der Waals surface area contributed by atoms with E-state index < -0.39 is 5.60 Å². The maximum Gasteiger partial charge on any atom is 0.191 e. The second-order valence-electron chi connectivity index (χ2n) is 8.07. The van der Waals surface area contributed by atoms with Crippen LogP contribution in [0, 0.1) is 6.92 Å². The van der Waals surface area contributed by atoms with Crippen LogP contribution in [0.3, 0.4) is 0 Å². The molecule has 1 aromatic heterocycles. The van der Waals surface area contributed by atoms with Crippen LogP contribution in [-0.2, 0) is 11.2 Å². The maximum absolute atomic E-state index is 10.8. The zero-order valence-electron chi connectivity index (χ0n) is 18.3. The molecule has 1 aliphatic rings.